The molecule has 1 aliphatic heterocycles. The Labute approximate surface area is 110 Å². The van der Waals surface area contributed by atoms with Gasteiger partial charge in [-0.3, -0.25) is 4.90 Å². The lowest BCUT2D eigenvalue weighted by Crippen LogP contribution is -2.39. The van der Waals surface area contributed by atoms with Crippen LogP contribution in [0, 0.1) is 12.8 Å². The van der Waals surface area contributed by atoms with E-state index >= 15 is 0 Å². The normalized spacial score (nSPS) is 20.2. The molecule has 1 fully saturated rings. The molecule has 1 aromatic rings. The van der Waals surface area contributed by atoms with Crippen LogP contribution in [-0.4, -0.2) is 24.5 Å². The third-order valence-corrected chi connectivity index (χ3v) is 4.10. The van der Waals surface area contributed by atoms with Gasteiger partial charge in [0.1, 0.15) is 11.5 Å². The fourth-order valence-corrected chi connectivity index (χ4v) is 3.04. The number of hydrogen-bond donors (Lipinski definition) is 1. The maximum Gasteiger partial charge on any atom is 0.122 e. The summed E-state index contributed by atoms with van der Waals surface area (Å²) in [5.74, 6) is 2.93. The first-order valence-electron chi connectivity index (χ1n) is 7.25. The zero-order valence-corrected chi connectivity index (χ0v) is 11.7. The molecule has 2 N–H and O–H groups in total. The highest BCUT2D eigenvalue weighted by atomic mass is 16.3. The molecular weight excluding hydrogens is 224 g/mol. The molecule has 1 saturated heterocycles. The van der Waals surface area contributed by atoms with Crippen LogP contribution in [0.15, 0.2) is 16.5 Å². The molecule has 1 atom stereocenters. The summed E-state index contributed by atoms with van der Waals surface area (Å²) in [6.07, 6.45) is 5.30. The number of piperidine rings is 1. The summed E-state index contributed by atoms with van der Waals surface area (Å²) in [5.41, 5.74) is 5.94. The van der Waals surface area contributed by atoms with E-state index in [1.807, 2.05) is 13.0 Å². The second-order valence-electron chi connectivity index (χ2n) is 5.47. The summed E-state index contributed by atoms with van der Waals surface area (Å²) in [4.78, 5) is 2.49. The minimum Gasteiger partial charge on any atom is -0.465 e. The van der Waals surface area contributed by atoms with E-state index in [1.54, 1.807) is 0 Å². The van der Waals surface area contributed by atoms with Gasteiger partial charge in [-0.25, -0.2) is 0 Å². The van der Waals surface area contributed by atoms with Crippen molar-refractivity contribution in [1.82, 2.24) is 4.90 Å². The van der Waals surface area contributed by atoms with Gasteiger partial charge in [0.15, 0.2) is 0 Å². The van der Waals surface area contributed by atoms with Gasteiger partial charge in [-0.15, -0.1) is 0 Å². The Morgan fingerprint density at radius 2 is 2.11 bits per heavy atom. The van der Waals surface area contributed by atoms with E-state index in [9.17, 15) is 0 Å². The molecule has 0 aromatic carbocycles. The number of furan rings is 1. The highest BCUT2D eigenvalue weighted by molar-refractivity contribution is 5.10. The van der Waals surface area contributed by atoms with Gasteiger partial charge in [0.2, 0.25) is 0 Å². The van der Waals surface area contributed by atoms with E-state index in [2.05, 4.69) is 17.9 Å². The molecule has 18 heavy (non-hydrogen) atoms. The lowest BCUT2D eigenvalue weighted by molar-refractivity contribution is 0.118. The third kappa shape index (κ3) is 3.15. The third-order valence-electron chi connectivity index (χ3n) is 4.10. The minimum absolute atomic E-state index is 0.265. The molecule has 2 heterocycles. The number of rotatable bonds is 5. The molecule has 0 saturated carbocycles. The van der Waals surface area contributed by atoms with Crippen molar-refractivity contribution in [1.29, 1.82) is 0 Å². The van der Waals surface area contributed by atoms with Crippen LogP contribution in [0.25, 0.3) is 0 Å². The van der Waals surface area contributed by atoms with Crippen molar-refractivity contribution >= 4 is 0 Å². The first-order valence-corrected chi connectivity index (χ1v) is 7.25. The maximum absolute atomic E-state index is 5.94. The first kappa shape index (κ1) is 13.6. The van der Waals surface area contributed by atoms with Crippen LogP contribution >= 0.6 is 0 Å². The Kier molecular flexibility index (Phi) is 4.84. The standard InChI is InChI=1S/C15H26N2O/c1-3-4-13-7-9-17(10-8-13)14(11-16)15-6-5-12(2)18-15/h5-6,13-14H,3-4,7-11,16H2,1-2H3. The Bertz CT molecular complexity index is 353. The Morgan fingerprint density at radius 3 is 2.61 bits per heavy atom. The van der Waals surface area contributed by atoms with Crippen LogP contribution in [0.2, 0.25) is 0 Å². The molecule has 0 aliphatic carbocycles. The van der Waals surface area contributed by atoms with Crippen molar-refractivity contribution in [2.24, 2.45) is 11.7 Å². The van der Waals surface area contributed by atoms with Gasteiger partial charge >= 0.3 is 0 Å². The number of hydrogen-bond acceptors (Lipinski definition) is 3. The highest BCUT2D eigenvalue weighted by Crippen LogP contribution is 2.29. The van der Waals surface area contributed by atoms with Gasteiger partial charge in [-0.2, -0.15) is 0 Å². The average Bonchev–Trinajstić information content (AvgIpc) is 2.79. The largest absolute Gasteiger partial charge is 0.465 e. The molecule has 3 heteroatoms. The zero-order chi connectivity index (χ0) is 13.0. The van der Waals surface area contributed by atoms with Gasteiger partial charge in [0.05, 0.1) is 6.04 Å². The smallest absolute Gasteiger partial charge is 0.122 e. The molecule has 102 valence electrons. The summed E-state index contributed by atoms with van der Waals surface area (Å²) in [6.45, 7) is 7.23. The van der Waals surface area contributed by atoms with Crippen molar-refractivity contribution in [3.8, 4) is 0 Å². The summed E-state index contributed by atoms with van der Waals surface area (Å²) in [6, 6.07) is 4.37. The molecule has 0 radical (unpaired) electrons. The Balaban J connectivity index is 1.94. The van der Waals surface area contributed by atoms with Crippen LogP contribution in [0.5, 0.6) is 0 Å². The van der Waals surface area contributed by atoms with Crippen LogP contribution in [0.3, 0.4) is 0 Å². The number of nitrogens with zero attached hydrogens (tertiary/aromatic N) is 1. The average molecular weight is 250 g/mol. The lowest BCUT2D eigenvalue weighted by Gasteiger charge is -2.36. The summed E-state index contributed by atoms with van der Waals surface area (Å²) < 4.78 is 5.74. The summed E-state index contributed by atoms with van der Waals surface area (Å²) >= 11 is 0. The second kappa shape index (κ2) is 6.39. The fraction of sp³-hybridized carbons (Fsp3) is 0.733. The van der Waals surface area contributed by atoms with Crippen LogP contribution < -0.4 is 5.73 Å². The Morgan fingerprint density at radius 1 is 1.39 bits per heavy atom. The predicted molar refractivity (Wildman–Crippen MR) is 74.4 cm³/mol. The van der Waals surface area contributed by atoms with Gasteiger partial charge in [0, 0.05) is 6.54 Å². The minimum atomic E-state index is 0.265. The van der Waals surface area contributed by atoms with E-state index in [0.717, 1.165) is 30.5 Å². The fourth-order valence-electron chi connectivity index (χ4n) is 3.04. The molecule has 1 aliphatic rings. The van der Waals surface area contributed by atoms with Crippen molar-refractivity contribution in [3.63, 3.8) is 0 Å². The van der Waals surface area contributed by atoms with E-state index in [1.165, 1.54) is 25.7 Å². The number of nitrogens with two attached hydrogens (primary N) is 1. The molecule has 0 bridgehead atoms. The molecule has 0 amide bonds. The maximum atomic E-state index is 5.94. The quantitative estimate of drug-likeness (QED) is 0.873. The molecule has 1 aromatic heterocycles. The van der Waals surface area contributed by atoms with Gasteiger partial charge in [0.25, 0.3) is 0 Å². The van der Waals surface area contributed by atoms with Crippen LogP contribution in [0.1, 0.15) is 50.2 Å². The number of likely N-dealkylation sites (tertiary alicyclic amines) is 1. The van der Waals surface area contributed by atoms with Crippen molar-refractivity contribution in [2.75, 3.05) is 19.6 Å². The summed E-state index contributed by atoms with van der Waals surface area (Å²) in [5, 5.41) is 0. The van der Waals surface area contributed by atoms with Gasteiger partial charge in [-0.05, 0) is 50.9 Å². The molecular formula is C15H26N2O. The lowest BCUT2D eigenvalue weighted by atomic mass is 9.91. The number of aryl methyl sites for hydroxylation is 1. The van der Waals surface area contributed by atoms with Gasteiger partial charge < -0.3 is 10.2 Å². The molecule has 3 nitrogen and oxygen atoms in total. The Hall–Kier alpha value is -0.800. The summed E-state index contributed by atoms with van der Waals surface area (Å²) in [7, 11) is 0. The van der Waals surface area contributed by atoms with E-state index in [4.69, 9.17) is 10.2 Å². The van der Waals surface area contributed by atoms with E-state index < -0.39 is 0 Å². The topological polar surface area (TPSA) is 42.4 Å². The predicted octanol–water partition coefficient (Wildman–Crippen LogP) is 3.10. The zero-order valence-electron chi connectivity index (χ0n) is 11.7. The SMILES string of the molecule is CCCC1CCN(C(CN)c2ccc(C)o2)CC1. The molecule has 2 rings (SSSR count). The highest BCUT2D eigenvalue weighted by Gasteiger charge is 2.26. The van der Waals surface area contributed by atoms with Crippen molar-refractivity contribution in [2.45, 2.75) is 45.6 Å². The van der Waals surface area contributed by atoms with E-state index in [0.29, 0.717) is 6.54 Å². The molecule has 0 spiro atoms. The van der Waals surface area contributed by atoms with Crippen LogP contribution in [-0.2, 0) is 0 Å². The van der Waals surface area contributed by atoms with E-state index in [-0.39, 0.29) is 6.04 Å². The monoisotopic (exact) mass is 250 g/mol. The first-order chi connectivity index (χ1) is 8.74. The van der Waals surface area contributed by atoms with Gasteiger partial charge in [-0.1, -0.05) is 19.8 Å². The molecule has 1 unspecified atom stereocenters. The van der Waals surface area contributed by atoms with Crippen LogP contribution in [0.4, 0.5) is 0 Å². The van der Waals surface area contributed by atoms with Crippen molar-refractivity contribution in [3.05, 3.63) is 23.7 Å². The second-order valence-corrected chi connectivity index (χ2v) is 5.47. The van der Waals surface area contributed by atoms with Crippen molar-refractivity contribution < 1.29 is 4.42 Å².